The van der Waals surface area contributed by atoms with Gasteiger partial charge in [0.2, 0.25) is 15.9 Å². The Hall–Kier alpha value is -1.22. The molecule has 1 atom stereocenters. The first-order valence-electron chi connectivity index (χ1n) is 6.03. The van der Waals surface area contributed by atoms with Gasteiger partial charge in [0.25, 0.3) is 0 Å². The average molecular weight is 339 g/mol. The lowest BCUT2D eigenvalue weighted by Crippen LogP contribution is -2.39. The second kappa shape index (κ2) is 7.69. The third-order valence-corrected chi connectivity index (χ3v) is 4.35. The fourth-order valence-electron chi connectivity index (χ4n) is 1.39. The predicted molar refractivity (Wildman–Crippen MR) is 76.1 cm³/mol. The van der Waals surface area contributed by atoms with Gasteiger partial charge in [-0.1, -0.05) is 11.6 Å². The van der Waals surface area contributed by atoms with Crippen LogP contribution in [0.1, 0.15) is 6.92 Å². The van der Waals surface area contributed by atoms with Crippen LogP contribution in [0, 0.1) is 5.82 Å². The van der Waals surface area contributed by atoms with E-state index in [0.29, 0.717) is 0 Å². The molecule has 0 saturated carbocycles. The van der Waals surface area contributed by atoms with Crippen molar-refractivity contribution in [2.45, 2.75) is 17.9 Å². The summed E-state index contributed by atoms with van der Waals surface area (Å²) in [5.74, 6) is -1.30. The first-order valence-corrected chi connectivity index (χ1v) is 7.89. The zero-order valence-electron chi connectivity index (χ0n) is 11.5. The quantitative estimate of drug-likeness (QED) is 0.724. The zero-order valence-corrected chi connectivity index (χ0v) is 13.1. The van der Waals surface area contributed by atoms with Crippen LogP contribution in [0.15, 0.2) is 23.1 Å². The molecule has 1 amide bonds. The number of methoxy groups -OCH3 is 1. The SMILES string of the molecule is COC(C)C(=O)NCCNS(=O)(=O)c1ccc(Cl)cc1F. The maximum absolute atomic E-state index is 13.5. The number of amides is 1. The summed E-state index contributed by atoms with van der Waals surface area (Å²) in [6, 6.07) is 3.27. The number of hydrogen-bond donors (Lipinski definition) is 2. The Morgan fingerprint density at radius 1 is 1.43 bits per heavy atom. The summed E-state index contributed by atoms with van der Waals surface area (Å²) in [6.45, 7) is 1.54. The van der Waals surface area contributed by atoms with Gasteiger partial charge in [0.15, 0.2) is 0 Å². The molecule has 118 valence electrons. The smallest absolute Gasteiger partial charge is 0.248 e. The van der Waals surface area contributed by atoms with Crippen molar-refractivity contribution in [3.8, 4) is 0 Å². The highest BCUT2D eigenvalue weighted by Crippen LogP contribution is 2.18. The van der Waals surface area contributed by atoms with Crippen molar-refractivity contribution >= 4 is 27.5 Å². The largest absolute Gasteiger partial charge is 0.372 e. The minimum absolute atomic E-state index is 0.0565. The maximum atomic E-state index is 13.5. The maximum Gasteiger partial charge on any atom is 0.248 e. The Morgan fingerprint density at radius 2 is 2.10 bits per heavy atom. The highest BCUT2D eigenvalue weighted by molar-refractivity contribution is 7.89. The molecular weight excluding hydrogens is 323 g/mol. The van der Waals surface area contributed by atoms with Gasteiger partial charge >= 0.3 is 0 Å². The van der Waals surface area contributed by atoms with Crippen LogP contribution in [0.5, 0.6) is 0 Å². The molecule has 0 spiro atoms. The monoisotopic (exact) mass is 338 g/mol. The van der Waals surface area contributed by atoms with E-state index in [-0.39, 0.29) is 24.0 Å². The van der Waals surface area contributed by atoms with Crippen molar-refractivity contribution in [2.75, 3.05) is 20.2 Å². The van der Waals surface area contributed by atoms with Gasteiger partial charge in [-0.3, -0.25) is 4.79 Å². The number of benzene rings is 1. The molecule has 0 heterocycles. The Bertz CT molecular complexity index is 609. The third-order valence-electron chi connectivity index (χ3n) is 2.62. The van der Waals surface area contributed by atoms with E-state index in [2.05, 4.69) is 10.0 Å². The van der Waals surface area contributed by atoms with Crippen LogP contribution >= 0.6 is 11.6 Å². The molecule has 1 aromatic rings. The van der Waals surface area contributed by atoms with Crippen LogP contribution in [-0.2, 0) is 19.6 Å². The van der Waals surface area contributed by atoms with Gasteiger partial charge in [0.05, 0.1) is 0 Å². The molecule has 0 aliphatic rings. The van der Waals surface area contributed by atoms with E-state index in [1.807, 2.05) is 0 Å². The second-order valence-electron chi connectivity index (χ2n) is 4.14. The number of carbonyl (C=O) groups is 1. The number of rotatable bonds is 7. The summed E-state index contributed by atoms with van der Waals surface area (Å²) < 4.78 is 44.3. The van der Waals surface area contributed by atoms with E-state index < -0.39 is 26.8 Å². The molecule has 21 heavy (non-hydrogen) atoms. The van der Waals surface area contributed by atoms with E-state index in [0.717, 1.165) is 12.1 Å². The molecule has 1 rings (SSSR count). The van der Waals surface area contributed by atoms with Gasteiger partial charge in [-0.05, 0) is 25.1 Å². The van der Waals surface area contributed by atoms with Gasteiger partial charge in [-0.2, -0.15) is 0 Å². The van der Waals surface area contributed by atoms with Crippen molar-refractivity contribution in [1.82, 2.24) is 10.0 Å². The summed E-state index contributed by atoms with van der Waals surface area (Å²) in [4.78, 5) is 10.9. The van der Waals surface area contributed by atoms with E-state index in [9.17, 15) is 17.6 Å². The lowest BCUT2D eigenvalue weighted by molar-refractivity contribution is -0.129. The summed E-state index contributed by atoms with van der Waals surface area (Å²) in [6.07, 6.45) is -0.629. The van der Waals surface area contributed by atoms with Crippen LogP contribution in [0.4, 0.5) is 4.39 Å². The van der Waals surface area contributed by atoms with Crippen molar-refractivity contribution in [3.63, 3.8) is 0 Å². The lowest BCUT2D eigenvalue weighted by atomic mass is 10.3. The van der Waals surface area contributed by atoms with Crippen LogP contribution in [0.3, 0.4) is 0 Å². The molecule has 0 radical (unpaired) electrons. The van der Waals surface area contributed by atoms with Crippen molar-refractivity contribution in [3.05, 3.63) is 29.0 Å². The lowest BCUT2D eigenvalue weighted by Gasteiger charge is -2.11. The first-order chi connectivity index (χ1) is 9.77. The highest BCUT2D eigenvalue weighted by atomic mass is 35.5. The highest BCUT2D eigenvalue weighted by Gasteiger charge is 2.19. The van der Waals surface area contributed by atoms with E-state index in [1.54, 1.807) is 6.92 Å². The molecule has 6 nitrogen and oxygen atoms in total. The van der Waals surface area contributed by atoms with Gasteiger partial charge in [-0.15, -0.1) is 0 Å². The van der Waals surface area contributed by atoms with Crippen molar-refractivity contribution in [2.24, 2.45) is 0 Å². The minimum Gasteiger partial charge on any atom is -0.372 e. The molecule has 0 aliphatic carbocycles. The topological polar surface area (TPSA) is 84.5 Å². The molecule has 0 aliphatic heterocycles. The fraction of sp³-hybridized carbons (Fsp3) is 0.417. The number of hydrogen-bond acceptors (Lipinski definition) is 4. The number of halogens is 2. The molecular formula is C12H16ClFN2O4S. The Balaban J connectivity index is 2.56. The summed E-state index contributed by atoms with van der Waals surface area (Å²) in [5, 5.41) is 2.58. The molecule has 0 saturated heterocycles. The zero-order chi connectivity index (χ0) is 16.0. The molecule has 1 aromatic carbocycles. The molecule has 2 N–H and O–H groups in total. The van der Waals surface area contributed by atoms with Crippen LogP contribution in [0.25, 0.3) is 0 Å². The van der Waals surface area contributed by atoms with Crippen LogP contribution in [0.2, 0.25) is 5.02 Å². The van der Waals surface area contributed by atoms with Crippen LogP contribution in [-0.4, -0.2) is 40.6 Å². The molecule has 9 heteroatoms. The van der Waals surface area contributed by atoms with Crippen molar-refractivity contribution < 1.29 is 22.3 Å². The standard InChI is InChI=1S/C12H16ClFN2O4S/c1-8(20-2)12(17)15-5-6-16-21(18,19)11-4-3-9(13)7-10(11)14/h3-4,7-8,16H,5-6H2,1-2H3,(H,15,17). The van der Waals surface area contributed by atoms with Gasteiger partial charge in [0, 0.05) is 25.2 Å². The summed E-state index contributed by atoms with van der Waals surface area (Å²) >= 11 is 5.56. The number of nitrogens with one attached hydrogen (secondary N) is 2. The van der Waals surface area contributed by atoms with Gasteiger partial charge in [-0.25, -0.2) is 17.5 Å². The molecule has 1 unspecified atom stereocenters. The second-order valence-corrected chi connectivity index (χ2v) is 6.31. The van der Waals surface area contributed by atoms with Gasteiger partial charge < -0.3 is 10.1 Å². The average Bonchev–Trinajstić information content (AvgIpc) is 2.41. The van der Waals surface area contributed by atoms with Gasteiger partial charge in [0.1, 0.15) is 16.8 Å². The normalized spacial score (nSPS) is 13.0. The molecule has 0 aromatic heterocycles. The molecule has 0 fully saturated rings. The van der Waals surface area contributed by atoms with E-state index in [1.165, 1.54) is 13.2 Å². The van der Waals surface area contributed by atoms with Crippen molar-refractivity contribution in [1.29, 1.82) is 0 Å². The summed E-state index contributed by atoms with van der Waals surface area (Å²) in [5.41, 5.74) is 0. The third kappa shape index (κ3) is 5.24. The number of sulfonamides is 1. The van der Waals surface area contributed by atoms with E-state index >= 15 is 0 Å². The Morgan fingerprint density at radius 3 is 2.67 bits per heavy atom. The Kier molecular flexibility index (Phi) is 6.53. The first kappa shape index (κ1) is 17.8. The van der Waals surface area contributed by atoms with Crippen LogP contribution < -0.4 is 10.0 Å². The number of ether oxygens (including phenoxy) is 1. The number of carbonyl (C=O) groups excluding carboxylic acids is 1. The minimum atomic E-state index is -4.00. The molecule has 0 bridgehead atoms. The van der Waals surface area contributed by atoms with E-state index in [4.69, 9.17) is 16.3 Å². The predicted octanol–water partition coefficient (Wildman–Crippen LogP) is 0.909. The summed E-state index contributed by atoms with van der Waals surface area (Å²) in [7, 11) is -2.61. The fourth-order valence-corrected chi connectivity index (χ4v) is 2.64. The Labute approximate surface area is 127 Å².